The predicted octanol–water partition coefficient (Wildman–Crippen LogP) is -0.826. The number of aromatic nitrogens is 3. The van der Waals surface area contributed by atoms with Crippen LogP contribution in [0.5, 0.6) is 0 Å². The zero-order chi connectivity index (χ0) is 14.3. The maximum absolute atomic E-state index is 12.2. The molecule has 0 spiro atoms. The van der Waals surface area contributed by atoms with Crippen molar-refractivity contribution in [2.24, 2.45) is 0 Å². The van der Waals surface area contributed by atoms with Gasteiger partial charge in [-0.15, -0.1) is 5.10 Å². The molecule has 2 fully saturated rings. The third kappa shape index (κ3) is 2.19. The van der Waals surface area contributed by atoms with Crippen molar-refractivity contribution < 1.29 is 18.3 Å². The lowest BCUT2D eigenvalue weighted by Gasteiger charge is -2.39. The normalized spacial score (nSPS) is 22.0. The molecule has 2 aliphatic rings. The Morgan fingerprint density at radius 3 is 2.45 bits per heavy atom. The Labute approximate surface area is 116 Å². The Hall–Kier alpha value is -1.52. The summed E-state index contributed by atoms with van der Waals surface area (Å²) in [6.45, 7) is 1.77. The smallest absolute Gasteiger partial charge is 0.358 e. The van der Waals surface area contributed by atoms with Crippen molar-refractivity contribution in [3.8, 4) is 0 Å². The van der Waals surface area contributed by atoms with Gasteiger partial charge in [0.2, 0.25) is 0 Å². The zero-order valence-corrected chi connectivity index (χ0v) is 11.5. The lowest BCUT2D eigenvalue weighted by molar-refractivity contribution is 0.0690. The van der Waals surface area contributed by atoms with E-state index < -0.39 is 16.2 Å². The molecule has 0 amide bonds. The topological polar surface area (TPSA) is 109 Å². The van der Waals surface area contributed by atoms with E-state index in [1.807, 2.05) is 0 Å². The lowest BCUT2D eigenvalue weighted by atomic mass is 10.2. The molecule has 1 aromatic rings. The summed E-state index contributed by atoms with van der Waals surface area (Å²) in [5, 5.41) is 16.0. The van der Waals surface area contributed by atoms with Crippen molar-refractivity contribution in [1.29, 1.82) is 0 Å². The Balaban J connectivity index is 1.64. The maximum Gasteiger partial charge on any atom is 0.358 e. The number of hydrogen-bond acceptors (Lipinski definition) is 5. The highest BCUT2D eigenvalue weighted by Crippen LogP contribution is 2.27. The summed E-state index contributed by atoms with van der Waals surface area (Å²) in [6.07, 6.45) is 3.13. The SMILES string of the molecule is O=C(O)c1cn(C2CN(S(=O)(=O)N3CCCC3)C2)nn1. The van der Waals surface area contributed by atoms with Crippen molar-refractivity contribution in [2.75, 3.05) is 26.2 Å². The van der Waals surface area contributed by atoms with Crippen LogP contribution in [0.1, 0.15) is 29.4 Å². The zero-order valence-electron chi connectivity index (χ0n) is 10.7. The molecule has 0 atom stereocenters. The van der Waals surface area contributed by atoms with Gasteiger partial charge in [-0.2, -0.15) is 17.0 Å². The van der Waals surface area contributed by atoms with Crippen molar-refractivity contribution in [2.45, 2.75) is 18.9 Å². The van der Waals surface area contributed by atoms with Crippen LogP contribution in [0.15, 0.2) is 6.20 Å². The van der Waals surface area contributed by atoms with Crippen molar-refractivity contribution in [3.05, 3.63) is 11.9 Å². The molecule has 20 heavy (non-hydrogen) atoms. The molecule has 0 aliphatic carbocycles. The molecule has 2 aliphatic heterocycles. The summed E-state index contributed by atoms with van der Waals surface area (Å²) in [6, 6.07) is -0.145. The highest BCUT2D eigenvalue weighted by molar-refractivity contribution is 7.86. The van der Waals surface area contributed by atoms with E-state index >= 15 is 0 Å². The molecule has 0 radical (unpaired) electrons. The molecule has 2 saturated heterocycles. The van der Waals surface area contributed by atoms with Crippen LogP contribution in [0.25, 0.3) is 0 Å². The van der Waals surface area contributed by atoms with Crippen LogP contribution in [0, 0.1) is 0 Å². The van der Waals surface area contributed by atoms with Gasteiger partial charge in [-0.3, -0.25) is 0 Å². The molecule has 110 valence electrons. The second kappa shape index (κ2) is 4.79. The van der Waals surface area contributed by atoms with Gasteiger partial charge in [0.15, 0.2) is 5.69 Å². The summed E-state index contributed by atoms with van der Waals surface area (Å²) < 4.78 is 28.7. The second-order valence-corrected chi connectivity index (χ2v) is 6.90. The van der Waals surface area contributed by atoms with Gasteiger partial charge in [0.25, 0.3) is 10.2 Å². The molecule has 0 saturated carbocycles. The number of rotatable bonds is 4. The molecule has 0 bridgehead atoms. The Morgan fingerprint density at radius 1 is 1.25 bits per heavy atom. The van der Waals surface area contributed by atoms with Gasteiger partial charge in [0.1, 0.15) is 0 Å². The first-order chi connectivity index (χ1) is 9.48. The van der Waals surface area contributed by atoms with E-state index in [1.165, 1.54) is 19.5 Å². The summed E-state index contributed by atoms with van der Waals surface area (Å²) in [7, 11) is -3.36. The fraction of sp³-hybridized carbons (Fsp3) is 0.700. The minimum absolute atomic E-state index is 0.133. The number of hydrogen-bond donors (Lipinski definition) is 1. The molecular formula is C10H15N5O4S. The van der Waals surface area contributed by atoms with Gasteiger partial charge >= 0.3 is 5.97 Å². The highest BCUT2D eigenvalue weighted by Gasteiger charge is 2.41. The van der Waals surface area contributed by atoms with E-state index in [4.69, 9.17) is 5.11 Å². The fourth-order valence-corrected chi connectivity index (χ4v) is 4.17. The van der Waals surface area contributed by atoms with E-state index in [-0.39, 0.29) is 11.7 Å². The molecule has 10 heteroatoms. The number of carbonyl (C=O) groups is 1. The van der Waals surface area contributed by atoms with Crippen LogP contribution in [-0.4, -0.2) is 69.3 Å². The number of nitrogens with zero attached hydrogens (tertiary/aromatic N) is 5. The third-order valence-electron chi connectivity index (χ3n) is 3.65. The predicted molar refractivity (Wildman–Crippen MR) is 67.3 cm³/mol. The van der Waals surface area contributed by atoms with Crippen LogP contribution < -0.4 is 0 Å². The monoisotopic (exact) mass is 301 g/mol. The first-order valence-electron chi connectivity index (χ1n) is 6.39. The largest absolute Gasteiger partial charge is 0.476 e. The summed E-state index contributed by atoms with van der Waals surface area (Å²) in [4.78, 5) is 10.7. The molecule has 1 N–H and O–H groups in total. The van der Waals surface area contributed by atoms with Gasteiger partial charge in [-0.1, -0.05) is 5.21 Å². The standard InChI is InChI=1S/C10H15N5O4S/c16-10(17)9-7-15(12-11-9)8-5-14(6-8)20(18,19)13-3-1-2-4-13/h7-8H,1-6H2,(H,16,17). The summed E-state index contributed by atoms with van der Waals surface area (Å²) in [5.41, 5.74) is -0.133. The van der Waals surface area contributed by atoms with Gasteiger partial charge < -0.3 is 5.11 Å². The fourth-order valence-electron chi connectivity index (χ4n) is 2.41. The van der Waals surface area contributed by atoms with E-state index in [0.717, 1.165) is 12.8 Å². The van der Waals surface area contributed by atoms with Gasteiger partial charge in [0, 0.05) is 26.2 Å². The number of carboxylic acids is 1. The molecular weight excluding hydrogens is 286 g/mol. The Kier molecular flexibility index (Phi) is 3.22. The van der Waals surface area contributed by atoms with E-state index in [2.05, 4.69) is 10.3 Å². The van der Waals surface area contributed by atoms with Crippen molar-refractivity contribution >= 4 is 16.2 Å². The molecule has 3 rings (SSSR count). The van der Waals surface area contributed by atoms with Crippen LogP contribution in [0.2, 0.25) is 0 Å². The van der Waals surface area contributed by atoms with E-state index in [0.29, 0.717) is 26.2 Å². The van der Waals surface area contributed by atoms with E-state index in [1.54, 1.807) is 0 Å². The van der Waals surface area contributed by atoms with Gasteiger partial charge in [-0.05, 0) is 12.8 Å². The Bertz CT molecular complexity index is 615. The van der Waals surface area contributed by atoms with Crippen molar-refractivity contribution in [1.82, 2.24) is 23.6 Å². The van der Waals surface area contributed by atoms with Gasteiger partial charge in [-0.25, -0.2) is 9.48 Å². The molecule has 0 aromatic carbocycles. The van der Waals surface area contributed by atoms with Crippen LogP contribution >= 0.6 is 0 Å². The van der Waals surface area contributed by atoms with Crippen LogP contribution in [0.4, 0.5) is 0 Å². The molecule has 1 aromatic heterocycles. The minimum Gasteiger partial charge on any atom is -0.476 e. The number of aromatic carboxylic acids is 1. The average Bonchev–Trinajstić information content (AvgIpc) is 2.97. The first kappa shape index (κ1) is 13.5. The highest BCUT2D eigenvalue weighted by atomic mass is 32.2. The molecule has 9 nitrogen and oxygen atoms in total. The van der Waals surface area contributed by atoms with Crippen LogP contribution in [-0.2, 0) is 10.2 Å². The van der Waals surface area contributed by atoms with Crippen molar-refractivity contribution in [3.63, 3.8) is 0 Å². The van der Waals surface area contributed by atoms with Gasteiger partial charge in [0.05, 0.1) is 12.2 Å². The maximum atomic E-state index is 12.2. The quantitative estimate of drug-likeness (QED) is 0.778. The Morgan fingerprint density at radius 2 is 1.90 bits per heavy atom. The lowest BCUT2D eigenvalue weighted by Crippen LogP contribution is -2.55. The summed E-state index contributed by atoms with van der Waals surface area (Å²) >= 11 is 0. The first-order valence-corrected chi connectivity index (χ1v) is 7.78. The molecule has 3 heterocycles. The summed E-state index contributed by atoms with van der Waals surface area (Å²) in [5.74, 6) is -1.14. The van der Waals surface area contributed by atoms with Crippen LogP contribution in [0.3, 0.4) is 0 Å². The number of carboxylic acid groups (broad SMARTS) is 1. The second-order valence-electron chi connectivity index (χ2n) is 4.97. The minimum atomic E-state index is -3.36. The third-order valence-corrected chi connectivity index (χ3v) is 5.62. The van der Waals surface area contributed by atoms with E-state index in [9.17, 15) is 13.2 Å². The average molecular weight is 301 g/mol. The molecule has 0 unspecified atom stereocenters.